The summed E-state index contributed by atoms with van der Waals surface area (Å²) in [4.78, 5) is 10.5. The Hall–Kier alpha value is -1.23. The van der Waals surface area contributed by atoms with Crippen LogP contribution < -0.4 is 10.1 Å². The molecular weight excluding hydrogens is 262 g/mol. The second kappa shape index (κ2) is 4.10. The first-order chi connectivity index (χ1) is 7.15. The molecule has 0 radical (unpaired) electrons. The zero-order valence-corrected chi connectivity index (χ0v) is 9.45. The third-order valence-corrected chi connectivity index (χ3v) is 2.76. The fourth-order valence-electron chi connectivity index (χ4n) is 1.61. The summed E-state index contributed by atoms with van der Waals surface area (Å²) in [6.07, 6.45) is -0.335. The summed E-state index contributed by atoms with van der Waals surface area (Å²) in [6, 6.07) is 5.60. The fourth-order valence-corrected chi connectivity index (χ4v) is 1.95. The molecule has 1 amide bonds. The van der Waals surface area contributed by atoms with Gasteiger partial charge >= 0.3 is 6.09 Å². The number of carbonyl (C=O) groups is 1. The smallest absolute Gasteiger partial charge is 0.405 e. The fraction of sp³-hybridized carbons (Fsp3) is 0.300. The molecule has 0 saturated heterocycles. The number of halogens is 1. The second-order valence-corrected chi connectivity index (χ2v) is 4.33. The zero-order chi connectivity index (χ0) is 10.8. The lowest BCUT2D eigenvalue weighted by Gasteiger charge is -2.25. The van der Waals surface area contributed by atoms with Crippen LogP contribution >= 0.6 is 15.9 Å². The van der Waals surface area contributed by atoms with Crippen molar-refractivity contribution in [2.45, 2.75) is 12.5 Å². The van der Waals surface area contributed by atoms with Crippen molar-refractivity contribution >= 4 is 22.0 Å². The number of rotatable bonds is 1. The molecule has 1 aromatic rings. The lowest BCUT2D eigenvalue weighted by Crippen LogP contribution is -2.41. The maximum Gasteiger partial charge on any atom is 0.405 e. The molecule has 1 aliphatic heterocycles. The highest BCUT2D eigenvalue weighted by Gasteiger charge is 2.20. The van der Waals surface area contributed by atoms with Gasteiger partial charge in [-0.05, 0) is 24.1 Å². The van der Waals surface area contributed by atoms with E-state index in [1.165, 1.54) is 0 Å². The Morgan fingerprint density at radius 2 is 2.40 bits per heavy atom. The van der Waals surface area contributed by atoms with Gasteiger partial charge in [0.2, 0.25) is 0 Å². The maximum atomic E-state index is 10.5. The van der Waals surface area contributed by atoms with Crippen molar-refractivity contribution in [3.05, 3.63) is 28.2 Å². The summed E-state index contributed by atoms with van der Waals surface area (Å²) < 4.78 is 6.43. The molecule has 1 aliphatic rings. The third kappa shape index (κ3) is 2.41. The van der Waals surface area contributed by atoms with Gasteiger partial charge in [0.1, 0.15) is 12.4 Å². The van der Waals surface area contributed by atoms with E-state index in [1.807, 2.05) is 18.2 Å². The lowest BCUT2D eigenvalue weighted by atomic mass is 10.0. The zero-order valence-electron chi connectivity index (χ0n) is 7.87. The van der Waals surface area contributed by atoms with Crippen molar-refractivity contribution in [1.29, 1.82) is 0 Å². The molecule has 0 saturated carbocycles. The quantitative estimate of drug-likeness (QED) is 0.822. The van der Waals surface area contributed by atoms with Gasteiger partial charge < -0.3 is 15.2 Å². The Morgan fingerprint density at radius 1 is 1.60 bits per heavy atom. The molecule has 0 fully saturated rings. The topological polar surface area (TPSA) is 58.6 Å². The van der Waals surface area contributed by atoms with Gasteiger partial charge in [-0.25, -0.2) is 4.79 Å². The highest BCUT2D eigenvalue weighted by Crippen LogP contribution is 2.27. The molecule has 4 nitrogen and oxygen atoms in total. The van der Waals surface area contributed by atoms with Crippen molar-refractivity contribution in [1.82, 2.24) is 5.32 Å². The van der Waals surface area contributed by atoms with E-state index in [9.17, 15) is 4.79 Å². The highest BCUT2D eigenvalue weighted by molar-refractivity contribution is 9.10. The van der Waals surface area contributed by atoms with E-state index in [1.54, 1.807) is 0 Å². The molecule has 1 aromatic carbocycles. The van der Waals surface area contributed by atoms with Gasteiger partial charge in [-0.1, -0.05) is 22.0 Å². The average Bonchev–Trinajstić information content (AvgIpc) is 2.17. The number of amides is 1. The molecule has 0 aliphatic carbocycles. The molecule has 1 heterocycles. The van der Waals surface area contributed by atoms with Gasteiger partial charge in [0.25, 0.3) is 0 Å². The second-order valence-electron chi connectivity index (χ2n) is 3.41. The lowest BCUT2D eigenvalue weighted by molar-refractivity contribution is 0.176. The molecular formula is C10H10BrNO3. The monoisotopic (exact) mass is 271 g/mol. The van der Waals surface area contributed by atoms with Crippen LogP contribution in [0.4, 0.5) is 4.79 Å². The molecule has 5 heteroatoms. The van der Waals surface area contributed by atoms with Crippen molar-refractivity contribution in [3.63, 3.8) is 0 Å². The Labute approximate surface area is 95.4 Å². The van der Waals surface area contributed by atoms with Crippen LogP contribution in [0.3, 0.4) is 0 Å². The van der Waals surface area contributed by atoms with Gasteiger partial charge in [-0.15, -0.1) is 0 Å². The summed E-state index contributed by atoms with van der Waals surface area (Å²) in [6.45, 7) is 0.385. The molecule has 0 aromatic heterocycles. The van der Waals surface area contributed by atoms with Gasteiger partial charge in [-0.3, -0.25) is 0 Å². The van der Waals surface area contributed by atoms with E-state index in [0.717, 1.165) is 15.8 Å². The number of nitrogens with one attached hydrogen (secondary N) is 1. The Bertz CT molecular complexity index is 394. The standard InChI is InChI=1S/C10H10BrNO3/c11-7-2-1-6-3-8(12-10(13)14)5-15-9(6)4-7/h1-2,4,8,12H,3,5H2,(H,13,14). The van der Waals surface area contributed by atoms with E-state index < -0.39 is 6.09 Å². The van der Waals surface area contributed by atoms with Crippen LogP contribution in [0, 0.1) is 0 Å². The largest absolute Gasteiger partial charge is 0.491 e. The highest BCUT2D eigenvalue weighted by atomic mass is 79.9. The van der Waals surface area contributed by atoms with E-state index in [-0.39, 0.29) is 6.04 Å². The normalized spacial score (nSPS) is 18.9. The molecule has 0 spiro atoms. The van der Waals surface area contributed by atoms with Crippen LogP contribution in [-0.4, -0.2) is 23.8 Å². The van der Waals surface area contributed by atoms with Crippen molar-refractivity contribution in [2.24, 2.45) is 0 Å². The number of benzene rings is 1. The minimum atomic E-state index is -1.01. The molecule has 0 bridgehead atoms. The van der Waals surface area contributed by atoms with Crippen LogP contribution in [0.25, 0.3) is 0 Å². The number of fused-ring (bicyclic) bond motifs is 1. The molecule has 1 atom stereocenters. The van der Waals surface area contributed by atoms with Crippen LogP contribution in [0.2, 0.25) is 0 Å². The maximum absolute atomic E-state index is 10.5. The summed E-state index contributed by atoms with van der Waals surface area (Å²) >= 11 is 3.36. The predicted molar refractivity (Wildman–Crippen MR) is 58.3 cm³/mol. The van der Waals surface area contributed by atoms with Crippen molar-refractivity contribution < 1.29 is 14.6 Å². The van der Waals surface area contributed by atoms with Gasteiger partial charge in [0, 0.05) is 4.47 Å². The Balaban J connectivity index is 2.13. The van der Waals surface area contributed by atoms with Gasteiger partial charge in [0.05, 0.1) is 6.04 Å². The number of hydrogen-bond acceptors (Lipinski definition) is 2. The number of ether oxygens (including phenoxy) is 1. The summed E-state index contributed by atoms with van der Waals surface area (Å²) in [5.74, 6) is 0.827. The summed E-state index contributed by atoms with van der Waals surface area (Å²) in [5.41, 5.74) is 1.03. The molecule has 80 valence electrons. The molecule has 15 heavy (non-hydrogen) atoms. The molecule has 2 N–H and O–H groups in total. The third-order valence-electron chi connectivity index (χ3n) is 2.26. The van der Waals surface area contributed by atoms with Crippen LogP contribution in [0.1, 0.15) is 5.56 Å². The first-order valence-electron chi connectivity index (χ1n) is 4.56. The van der Waals surface area contributed by atoms with Crippen LogP contribution in [0.15, 0.2) is 22.7 Å². The first-order valence-corrected chi connectivity index (χ1v) is 5.35. The Morgan fingerprint density at radius 3 is 3.13 bits per heavy atom. The number of hydrogen-bond donors (Lipinski definition) is 2. The van der Waals surface area contributed by atoms with Crippen molar-refractivity contribution in [2.75, 3.05) is 6.61 Å². The Kier molecular flexibility index (Phi) is 2.81. The van der Waals surface area contributed by atoms with Crippen molar-refractivity contribution in [3.8, 4) is 5.75 Å². The summed E-state index contributed by atoms with van der Waals surface area (Å²) in [5, 5.41) is 11.0. The minimum absolute atomic E-state index is 0.156. The van der Waals surface area contributed by atoms with Crippen LogP contribution in [0.5, 0.6) is 5.75 Å². The average molecular weight is 272 g/mol. The van der Waals surface area contributed by atoms with E-state index in [0.29, 0.717) is 13.0 Å². The van der Waals surface area contributed by atoms with Gasteiger partial charge in [0.15, 0.2) is 0 Å². The van der Waals surface area contributed by atoms with E-state index in [4.69, 9.17) is 9.84 Å². The molecule has 1 unspecified atom stereocenters. The number of carboxylic acid groups (broad SMARTS) is 1. The minimum Gasteiger partial charge on any atom is -0.491 e. The molecule has 2 rings (SSSR count). The predicted octanol–water partition coefficient (Wildman–Crippen LogP) is 2.02. The van der Waals surface area contributed by atoms with Crippen LogP contribution in [-0.2, 0) is 6.42 Å². The first kappa shape index (κ1) is 10.3. The SMILES string of the molecule is O=C(O)NC1COc2cc(Br)ccc2C1. The van der Waals surface area contributed by atoms with Gasteiger partial charge in [-0.2, -0.15) is 0 Å². The van der Waals surface area contributed by atoms with E-state index >= 15 is 0 Å². The summed E-state index contributed by atoms with van der Waals surface area (Å²) in [7, 11) is 0. The van der Waals surface area contributed by atoms with E-state index in [2.05, 4.69) is 21.2 Å².